The van der Waals surface area contributed by atoms with Crippen molar-refractivity contribution in [2.45, 2.75) is 52.1 Å². The first kappa shape index (κ1) is 10.2. The SMILES string of the molecule is C[C@H]1[C@H](O)CCC2CC(=O)CC[C@@]21C. The van der Waals surface area contributed by atoms with E-state index >= 15 is 0 Å². The van der Waals surface area contributed by atoms with Crippen molar-refractivity contribution >= 4 is 5.78 Å². The Kier molecular flexibility index (Phi) is 2.42. The molecule has 2 nitrogen and oxygen atoms in total. The Morgan fingerprint density at radius 1 is 1.43 bits per heavy atom. The second-order valence-corrected chi connectivity index (χ2v) is 5.38. The van der Waals surface area contributed by atoms with Gasteiger partial charge in [0.25, 0.3) is 0 Å². The van der Waals surface area contributed by atoms with Crippen molar-refractivity contribution in [1.29, 1.82) is 0 Å². The van der Waals surface area contributed by atoms with Gasteiger partial charge in [0.15, 0.2) is 0 Å². The maximum atomic E-state index is 11.4. The number of hydrogen-bond acceptors (Lipinski definition) is 2. The van der Waals surface area contributed by atoms with Crippen LogP contribution in [0.1, 0.15) is 46.0 Å². The zero-order chi connectivity index (χ0) is 10.3. The molecule has 2 fully saturated rings. The molecular formula is C12H20O2. The quantitative estimate of drug-likeness (QED) is 0.644. The Bertz CT molecular complexity index is 249. The van der Waals surface area contributed by atoms with Gasteiger partial charge >= 0.3 is 0 Å². The summed E-state index contributed by atoms with van der Waals surface area (Å²) in [7, 11) is 0. The van der Waals surface area contributed by atoms with E-state index in [9.17, 15) is 9.90 Å². The number of ketones is 1. The molecule has 0 amide bonds. The van der Waals surface area contributed by atoms with Gasteiger partial charge in [-0.3, -0.25) is 4.79 Å². The molecule has 0 saturated heterocycles. The predicted molar refractivity (Wildman–Crippen MR) is 54.9 cm³/mol. The summed E-state index contributed by atoms with van der Waals surface area (Å²) in [5.41, 5.74) is 0.214. The number of fused-ring (bicyclic) bond motifs is 1. The molecule has 1 unspecified atom stereocenters. The Morgan fingerprint density at radius 2 is 2.14 bits per heavy atom. The van der Waals surface area contributed by atoms with Gasteiger partial charge in [0, 0.05) is 12.8 Å². The Hall–Kier alpha value is -0.370. The molecule has 0 heterocycles. The number of carbonyl (C=O) groups is 1. The molecule has 0 aromatic heterocycles. The van der Waals surface area contributed by atoms with E-state index in [1.807, 2.05) is 0 Å². The molecule has 0 radical (unpaired) electrons. The monoisotopic (exact) mass is 196 g/mol. The molecule has 2 aliphatic carbocycles. The van der Waals surface area contributed by atoms with Crippen LogP contribution in [0.4, 0.5) is 0 Å². The highest BCUT2D eigenvalue weighted by Gasteiger charge is 2.48. The third kappa shape index (κ3) is 1.40. The molecule has 0 spiro atoms. The highest BCUT2D eigenvalue weighted by molar-refractivity contribution is 5.79. The summed E-state index contributed by atoms with van der Waals surface area (Å²) in [6, 6.07) is 0. The first-order chi connectivity index (χ1) is 6.54. The van der Waals surface area contributed by atoms with Crippen LogP contribution in [-0.4, -0.2) is 17.0 Å². The lowest BCUT2D eigenvalue weighted by molar-refractivity contribution is -0.132. The van der Waals surface area contributed by atoms with Crippen LogP contribution in [0.5, 0.6) is 0 Å². The number of carbonyl (C=O) groups excluding carboxylic acids is 1. The fourth-order valence-corrected chi connectivity index (χ4v) is 3.32. The maximum absolute atomic E-state index is 11.4. The minimum Gasteiger partial charge on any atom is -0.393 e. The number of aliphatic hydroxyl groups is 1. The molecule has 2 aliphatic rings. The van der Waals surface area contributed by atoms with Crippen LogP contribution < -0.4 is 0 Å². The number of rotatable bonds is 0. The summed E-state index contributed by atoms with van der Waals surface area (Å²) < 4.78 is 0. The summed E-state index contributed by atoms with van der Waals surface area (Å²) >= 11 is 0. The van der Waals surface area contributed by atoms with Gasteiger partial charge in [-0.2, -0.15) is 0 Å². The van der Waals surface area contributed by atoms with Gasteiger partial charge in [0.2, 0.25) is 0 Å². The lowest BCUT2D eigenvalue weighted by Crippen LogP contribution is -2.47. The van der Waals surface area contributed by atoms with Gasteiger partial charge < -0.3 is 5.11 Å². The topological polar surface area (TPSA) is 37.3 Å². The highest BCUT2D eigenvalue weighted by Crippen LogP contribution is 2.52. The van der Waals surface area contributed by atoms with Crippen molar-refractivity contribution in [2.24, 2.45) is 17.3 Å². The molecule has 14 heavy (non-hydrogen) atoms. The molecule has 1 N–H and O–H groups in total. The van der Waals surface area contributed by atoms with Crippen molar-refractivity contribution in [3.8, 4) is 0 Å². The van der Waals surface area contributed by atoms with E-state index in [1.54, 1.807) is 0 Å². The first-order valence-electron chi connectivity index (χ1n) is 5.74. The van der Waals surface area contributed by atoms with Gasteiger partial charge in [-0.25, -0.2) is 0 Å². The van der Waals surface area contributed by atoms with E-state index in [2.05, 4.69) is 13.8 Å². The molecule has 2 heteroatoms. The average molecular weight is 196 g/mol. The summed E-state index contributed by atoms with van der Waals surface area (Å²) in [6.07, 6.45) is 4.24. The van der Waals surface area contributed by atoms with Crippen LogP contribution >= 0.6 is 0 Å². The smallest absolute Gasteiger partial charge is 0.133 e. The number of aliphatic hydroxyl groups excluding tert-OH is 1. The van der Waals surface area contributed by atoms with Gasteiger partial charge in [-0.1, -0.05) is 13.8 Å². The Labute approximate surface area is 85.7 Å². The molecule has 0 aromatic rings. The summed E-state index contributed by atoms with van der Waals surface area (Å²) in [4.78, 5) is 11.4. The zero-order valence-corrected chi connectivity index (χ0v) is 9.12. The molecule has 4 atom stereocenters. The van der Waals surface area contributed by atoms with Crippen LogP contribution in [0.3, 0.4) is 0 Å². The lowest BCUT2D eigenvalue weighted by Gasteiger charge is -2.50. The zero-order valence-electron chi connectivity index (χ0n) is 9.12. The van der Waals surface area contributed by atoms with Crippen molar-refractivity contribution in [3.63, 3.8) is 0 Å². The van der Waals surface area contributed by atoms with Gasteiger partial charge in [0.05, 0.1) is 6.10 Å². The van der Waals surface area contributed by atoms with Crippen LogP contribution in [0, 0.1) is 17.3 Å². The minimum atomic E-state index is -0.149. The fourth-order valence-electron chi connectivity index (χ4n) is 3.32. The first-order valence-corrected chi connectivity index (χ1v) is 5.74. The Balaban J connectivity index is 2.20. The van der Waals surface area contributed by atoms with Crippen LogP contribution in [0.25, 0.3) is 0 Å². The van der Waals surface area contributed by atoms with Gasteiger partial charge in [-0.15, -0.1) is 0 Å². The molecular weight excluding hydrogens is 176 g/mol. The largest absolute Gasteiger partial charge is 0.393 e. The number of hydrogen-bond donors (Lipinski definition) is 1. The minimum absolute atomic E-state index is 0.149. The van der Waals surface area contributed by atoms with Crippen LogP contribution in [0.15, 0.2) is 0 Å². The highest BCUT2D eigenvalue weighted by atomic mass is 16.3. The van der Waals surface area contributed by atoms with Crippen molar-refractivity contribution in [1.82, 2.24) is 0 Å². The summed E-state index contributed by atoms with van der Waals surface area (Å²) in [5, 5.41) is 9.86. The van der Waals surface area contributed by atoms with E-state index in [0.717, 1.165) is 32.1 Å². The number of Topliss-reactive ketones (excluding diaryl/α,β-unsaturated/α-hetero) is 1. The van der Waals surface area contributed by atoms with E-state index in [-0.39, 0.29) is 11.5 Å². The predicted octanol–water partition coefficient (Wildman–Crippen LogP) is 2.15. The molecule has 0 aromatic carbocycles. The second kappa shape index (κ2) is 3.34. The third-order valence-electron chi connectivity index (χ3n) is 4.78. The molecule has 2 saturated carbocycles. The summed E-state index contributed by atoms with van der Waals surface area (Å²) in [5.74, 6) is 1.31. The fraction of sp³-hybridized carbons (Fsp3) is 0.917. The molecule has 0 bridgehead atoms. The van der Waals surface area contributed by atoms with Gasteiger partial charge in [0.1, 0.15) is 5.78 Å². The lowest BCUT2D eigenvalue weighted by atomic mass is 9.55. The second-order valence-electron chi connectivity index (χ2n) is 5.38. The van der Waals surface area contributed by atoms with Crippen molar-refractivity contribution in [2.75, 3.05) is 0 Å². The standard InChI is InChI=1S/C12H20O2/c1-8-11(14)4-3-9-7-10(13)5-6-12(8,9)2/h8-9,11,14H,3-7H2,1-2H3/t8-,9?,11+,12+/m0/s1. The van der Waals surface area contributed by atoms with E-state index in [1.165, 1.54) is 0 Å². The Morgan fingerprint density at radius 3 is 2.86 bits per heavy atom. The molecule has 0 aliphatic heterocycles. The average Bonchev–Trinajstić information content (AvgIpc) is 2.16. The van der Waals surface area contributed by atoms with Crippen molar-refractivity contribution < 1.29 is 9.90 Å². The molecule has 80 valence electrons. The molecule has 2 rings (SSSR count). The van der Waals surface area contributed by atoms with Crippen molar-refractivity contribution in [3.05, 3.63) is 0 Å². The maximum Gasteiger partial charge on any atom is 0.133 e. The summed E-state index contributed by atoms with van der Waals surface area (Å²) in [6.45, 7) is 4.41. The van der Waals surface area contributed by atoms with Gasteiger partial charge in [-0.05, 0) is 36.5 Å². The van der Waals surface area contributed by atoms with Crippen LogP contribution in [0.2, 0.25) is 0 Å². The van der Waals surface area contributed by atoms with E-state index < -0.39 is 0 Å². The normalized spacial score (nSPS) is 48.8. The third-order valence-corrected chi connectivity index (χ3v) is 4.78. The van der Waals surface area contributed by atoms with E-state index in [0.29, 0.717) is 17.6 Å². The van der Waals surface area contributed by atoms with Crippen LogP contribution in [-0.2, 0) is 4.79 Å². The van der Waals surface area contributed by atoms with E-state index in [4.69, 9.17) is 0 Å².